The Morgan fingerprint density at radius 1 is 1.40 bits per heavy atom. The summed E-state index contributed by atoms with van der Waals surface area (Å²) in [6.45, 7) is 6.92. The molecule has 2 rings (SSSR count). The van der Waals surface area contributed by atoms with Crippen molar-refractivity contribution in [3.8, 4) is 5.75 Å². The van der Waals surface area contributed by atoms with Gasteiger partial charge in [-0.2, -0.15) is 0 Å². The van der Waals surface area contributed by atoms with Gasteiger partial charge in [-0.15, -0.1) is 0 Å². The van der Waals surface area contributed by atoms with Gasteiger partial charge in [-0.3, -0.25) is 0 Å². The highest BCUT2D eigenvalue weighted by atomic mass is 35.5. The van der Waals surface area contributed by atoms with Crippen LogP contribution in [-0.4, -0.2) is 19.7 Å². The SMILES string of the molecule is CCc1ccc2c(c1Cl)N(CC)CCO2. The number of benzene rings is 1. The molecule has 1 aromatic rings. The van der Waals surface area contributed by atoms with Gasteiger partial charge >= 0.3 is 0 Å². The number of hydrogen-bond donors (Lipinski definition) is 0. The van der Waals surface area contributed by atoms with Gasteiger partial charge in [0.1, 0.15) is 12.4 Å². The van der Waals surface area contributed by atoms with E-state index in [0.717, 1.165) is 42.6 Å². The quantitative estimate of drug-likeness (QED) is 0.767. The summed E-state index contributed by atoms with van der Waals surface area (Å²) in [6, 6.07) is 4.09. The molecule has 82 valence electrons. The van der Waals surface area contributed by atoms with E-state index in [1.807, 2.05) is 6.07 Å². The number of fused-ring (bicyclic) bond motifs is 1. The Kier molecular flexibility index (Phi) is 3.06. The molecule has 0 unspecified atom stereocenters. The van der Waals surface area contributed by atoms with E-state index in [0.29, 0.717) is 0 Å². The molecule has 1 aromatic carbocycles. The molecule has 0 saturated carbocycles. The molecule has 0 spiro atoms. The second kappa shape index (κ2) is 4.31. The molecule has 0 saturated heterocycles. The number of nitrogens with zero attached hydrogens (tertiary/aromatic N) is 1. The van der Waals surface area contributed by atoms with Crippen molar-refractivity contribution < 1.29 is 4.74 Å². The van der Waals surface area contributed by atoms with Crippen molar-refractivity contribution in [3.63, 3.8) is 0 Å². The summed E-state index contributed by atoms with van der Waals surface area (Å²) in [6.07, 6.45) is 0.962. The lowest BCUT2D eigenvalue weighted by Gasteiger charge is -2.31. The normalized spacial score (nSPS) is 14.7. The monoisotopic (exact) mass is 225 g/mol. The third-order valence-electron chi connectivity index (χ3n) is 2.86. The number of halogens is 1. The van der Waals surface area contributed by atoms with Crippen LogP contribution in [0.3, 0.4) is 0 Å². The molecule has 2 nitrogen and oxygen atoms in total. The zero-order valence-electron chi connectivity index (χ0n) is 9.22. The minimum absolute atomic E-state index is 0.753. The Morgan fingerprint density at radius 2 is 2.20 bits per heavy atom. The fourth-order valence-corrected chi connectivity index (χ4v) is 2.38. The van der Waals surface area contributed by atoms with Crippen LogP contribution in [0.1, 0.15) is 19.4 Å². The first kappa shape index (κ1) is 10.6. The summed E-state index contributed by atoms with van der Waals surface area (Å²) in [5.74, 6) is 0.922. The van der Waals surface area contributed by atoms with Crippen molar-refractivity contribution in [2.24, 2.45) is 0 Å². The second-order valence-corrected chi connectivity index (χ2v) is 4.05. The van der Waals surface area contributed by atoms with Crippen molar-refractivity contribution >= 4 is 17.3 Å². The fraction of sp³-hybridized carbons (Fsp3) is 0.500. The van der Waals surface area contributed by atoms with Crippen LogP contribution in [0.15, 0.2) is 12.1 Å². The van der Waals surface area contributed by atoms with E-state index >= 15 is 0 Å². The Morgan fingerprint density at radius 3 is 2.87 bits per heavy atom. The molecule has 0 fully saturated rings. The Bertz CT molecular complexity index is 365. The number of ether oxygens (including phenoxy) is 1. The first-order valence-corrected chi connectivity index (χ1v) is 5.84. The molecule has 1 aliphatic heterocycles. The van der Waals surface area contributed by atoms with Crippen LogP contribution in [0.25, 0.3) is 0 Å². The van der Waals surface area contributed by atoms with E-state index in [9.17, 15) is 0 Å². The first-order chi connectivity index (χ1) is 7.27. The molecule has 0 aliphatic carbocycles. The third-order valence-corrected chi connectivity index (χ3v) is 3.28. The maximum absolute atomic E-state index is 6.38. The summed E-state index contributed by atoms with van der Waals surface area (Å²) in [5, 5.41) is 0.858. The van der Waals surface area contributed by atoms with Crippen LogP contribution in [0.4, 0.5) is 5.69 Å². The van der Waals surface area contributed by atoms with Crippen LogP contribution < -0.4 is 9.64 Å². The number of aryl methyl sites for hydroxylation is 1. The van der Waals surface area contributed by atoms with E-state index < -0.39 is 0 Å². The van der Waals surface area contributed by atoms with Crippen LogP contribution in [-0.2, 0) is 6.42 Å². The summed E-state index contributed by atoms with van der Waals surface area (Å²) in [7, 11) is 0. The van der Waals surface area contributed by atoms with Crippen molar-refractivity contribution in [1.82, 2.24) is 0 Å². The van der Waals surface area contributed by atoms with E-state index in [2.05, 4.69) is 24.8 Å². The fourth-order valence-electron chi connectivity index (χ4n) is 1.97. The Balaban J connectivity index is 2.51. The molecular formula is C12H16ClNO. The highest BCUT2D eigenvalue weighted by Gasteiger charge is 2.21. The molecule has 15 heavy (non-hydrogen) atoms. The standard InChI is InChI=1S/C12H16ClNO/c1-3-9-5-6-10-12(11(9)13)14(4-2)7-8-15-10/h5-6H,3-4,7-8H2,1-2H3. The number of hydrogen-bond acceptors (Lipinski definition) is 2. The third kappa shape index (κ3) is 1.78. The lowest BCUT2D eigenvalue weighted by Crippen LogP contribution is -2.32. The summed E-state index contributed by atoms with van der Waals surface area (Å²) < 4.78 is 5.61. The van der Waals surface area contributed by atoms with Crippen LogP contribution in [0, 0.1) is 0 Å². The molecule has 0 radical (unpaired) electrons. The van der Waals surface area contributed by atoms with E-state index in [1.54, 1.807) is 0 Å². The van der Waals surface area contributed by atoms with E-state index in [4.69, 9.17) is 16.3 Å². The van der Waals surface area contributed by atoms with Gasteiger partial charge in [0.25, 0.3) is 0 Å². The van der Waals surface area contributed by atoms with Gasteiger partial charge in [-0.05, 0) is 25.0 Å². The molecular weight excluding hydrogens is 210 g/mol. The zero-order chi connectivity index (χ0) is 10.8. The second-order valence-electron chi connectivity index (χ2n) is 3.67. The van der Waals surface area contributed by atoms with Gasteiger partial charge in [-0.1, -0.05) is 24.6 Å². The van der Waals surface area contributed by atoms with E-state index in [-0.39, 0.29) is 0 Å². The lowest BCUT2D eigenvalue weighted by atomic mass is 10.1. The summed E-state index contributed by atoms with van der Waals surface area (Å²) >= 11 is 6.38. The number of anilines is 1. The van der Waals surface area contributed by atoms with Crippen molar-refractivity contribution in [3.05, 3.63) is 22.7 Å². The van der Waals surface area contributed by atoms with Gasteiger partial charge in [-0.25, -0.2) is 0 Å². The maximum Gasteiger partial charge on any atom is 0.144 e. The molecule has 0 N–H and O–H groups in total. The van der Waals surface area contributed by atoms with Gasteiger partial charge in [0.15, 0.2) is 0 Å². The minimum atomic E-state index is 0.753. The minimum Gasteiger partial charge on any atom is -0.490 e. The highest BCUT2D eigenvalue weighted by molar-refractivity contribution is 6.34. The first-order valence-electron chi connectivity index (χ1n) is 5.47. The van der Waals surface area contributed by atoms with Crippen LogP contribution in [0.5, 0.6) is 5.75 Å². The number of likely N-dealkylation sites (N-methyl/N-ethyl adjacent to an activating group) is 1. The van der Waals surface area contributed by atoms with Crippen molar-refractivity contribution in [1.29, 1.82) is 0 Å². The Labute approximate surface area is 95.8 Å². The summed E-state index contributed by atoms with van der Waals surface area (Å²) in [4.78, 5) is 2.28. The average Bonchev–Trinajstić information content (AvgIpc) is 2.29. The maximum atomic E-state index is 6.38. The zero-order valence-corrected chi connectivity index (χ0v) is 9.97. The van der Waals surface area contributed by atoms with Crippen molar-refractivity contribution in [2.45, 2.75) is 20.3 Å². The summed E-state index contributed by atoms with van der Waals surface area (Å²) in [5.41, 5.74) is 2.27. The van der Waals surface area contributed by atoms with Gasteiger partial charge in [0.05, 0.1) is 17.3 Å². The predicted molar refractivity (Wildman–Crippen MR) is 64.2 cm³/mol. The average molecular weight is 226 g/mol. The topological polar surface area (TPSA) is 12.5 Å². The lowest BCUT2D eigenvalue weighted by molar-refractivity contribution is 0.308. The molecule has 0 atom stereocenters. The number of rotatable bonds is 2. The molecule has 0 amide bonds. The van der Waals surface area contributed by atoms with Gasteiger partial charge in [0.2, 0.25) is 0 Å². The van der Waals surface area contributed by atoms with Crippen LogP contribution in [0.2, 0.25) is 5.02 Å². The molecule has 1 heterocycles. The Hall–Kier alpha value is -0.890. The predicted octanol–water partition coefficient (Wildman–Crippen LogP) is 3.12. The molecule has 3 heteroatoms. The van der Waals surface area contributed by atoms with Crippen molar-refractivity contribution in [2.75, 3.05) is 24.6 Å². The molecule has 0 aromatic heterocycles. The molecule has 1 aliphatic rings. The molecule has 0 bridgehead atoms. The van der Waals surface area contributed by atoms with Gasteiger partial charge < -0.3 is 9.64 Å². The smallest absolute Gasteiger partial charge is 0.144 e. The van der Waals surface area contributed by atoms with Crippen LogP contribution >= 0.6 is 11.6 Å². The van der Waals surface area contributed by atoms with E-state index in [1.165, 1.54) is 5.56 Å². The largest absolute Gasteiger partial charge is 0.490 e. The highest BCUT2D eigenvalue weighted by Crippen LogP contribution is 2.40. The van der Waals surface area contributed by atoms with Gasteiger partial charge in [0, 0.05) is 6.54 Å².